The van der Waals surface area contributed by atoms with Crippen LogP contribution in [0.4, 0.5) is 0 Å². The predicted octanol–water partition coefficient (Wildman–Crippen LogP) is 0.642. The van der Waals surface area contributed by atoms with Gasteiger partial charge in [0.25, 0.3) is 0 Å². The predicted molar refractivity (Wildman–Crippen MR) is 68.3 cm³/mol. The summed E-state index contributed by atoms with van der Waals surface area (Å²) in [5.74, 6) is 0.00661. The van der Waals surface area contributed by atoms with Crippen molar-refractivity contribution in [2.45, 2.75) is 32.8 Å². The molecule has 3 atom stereocenters. The quantitative estimate of drug-likeness (QED) is 0.327. The summed E-state index contributed by atoms with van der Waals surface area (Å²) in [5, 5.41) is 11.5. The van der Waals surface area contributed by atoms with Gasteiger partial charge in [0.15, 0.2) is 0 Å². The van der Waals surface area contributed by atoms with Gasteiger partial charge in [0.2, 0.25) is 5.91 Å². The molecule has 1 fully saturated rings. The maximum Gasteiger partial charge on any atom is 0.228 e. The first kappa shape index (κ1) is 14.8. The van der Waals surface area contributed by atoms with Crippen molar-refractivity contribution in [1.29, 1.82) is 0 Å². The van der Waals surface area contributed by atoms with E-state index in [1.165, 1.54) is 0 Å². The Morgan fingerprint density at radius 2 is 2.33 bits per heavy atom. The topological polar surface area (TPSA) is 88.2 Å². The van der Waals surface area contributed by atoms with Crippen LogP contribution in [0.3, 0.4) is 0 Å². The maximum atomic E-state index is 12.3. The minimum Gasteiger partial charge on any atom is -0.409 e. The van der Waals surface area contributed by atoms with Crippen LogP contribution in [-0.4, -0.2) is 48.2 Å². The molecule has 1 aliphatic rings. The van der Waals surface area contributed by atoms with E-state index < -0.39 is 0 Å². The van der Waals surface area contributed by atoms with Crippen molar-refractivity contribution >= 4 is 11.7 Å². The lowest BCUT2D eigenvalue weighted by Crippen LogP contribution is -2.41. The SMILES string of the molecule is CCC1OCCC1C(=O)N(C)CC(C)C(N)=NO. The van der Waals surface area contributed by atoms with E-state index in [1.807, 2.05) is 13.8 Å². The number of carbonyl (C=O) groups excluding carboxylic acids is 1. The lowest BCUT2D eigenvalue weighted by atomic mass is 9.97. The molecule has 0 aromatic carbocycles. The van der Waals surface area contributed by atoms with Gasteiger partial charge in [0.1, 0.15) is 5.84 Å². The first-order valence-corrected chi connectivity index (χ1v) is 6.35. The Hall–Kier alpha value is -1.30. The Kier molecular flexibility index (Phi) is 5.40. The molecule has 1 saturated heterocycles. The van der Waals surface area contributed by atoms with Crippen molar-refractivity contribution in [1.82, 2.24) is 4.90 Å². The zero-order valence-corrected chi connectivity index (χ0v) is 11.3. The first-order chi connectivity index (χ1) is 8.51. The van der Waals surface area contributed by atoms with Gasteiger partial charge in [-0.05, 0) is 12.8 Å². The molecule has 6 heteroatoms. The molecule has 0 aromatic heterocycles. The van der Waals surface area contributed by atoms with Gasteiger partial charge in [-0.3, -0.25) is 4.79 Å². The summed E-state index contributed by atoms with van der Waals surface area (Å²) in [4.78, 5) is 13.9. The molecule has 18 heavy (non-hydrogen) atoms. The Balaban J connectivity index is 2.56. The number of oxime groups is 1. The molecule has 0 saturated carbocycles. The average Bonchev–Trinajstić information content (AvgIpc) is 2.84. The number of rotatable bonds is 5. The van der Waals surface area contributed by atoms with Crippen LogP contribution in [0.5, 0.6) is 0 Å². The van der Waals surface area contributed by atoms with Gasteiger partial charge in [-0.15, -0.1) is 0 Å². The highest BCUT2D eigenvalue weighted by Gasteiger charge is 2.34. The normalized spacial score (nSPS) is 26.1. The summed E-state index contributed by atoms with van der Waals surface area (Å²) in [5.41, 5.74) is 5.51. The largest absolute Gasteiger partial charge is 0.409 e. The van der Waals surface area contributed by atoms with Crippen LogP contribution >= 0.6 is 0 Å². The fraction of sp³-hybridized carbons (Fsp3) is 0.833. The highest BCUT2D eigenvalue weighted by Crippen LogP contribution is 2.25. The molecule has 0 aliphatic carbocycles. The van der Waals surface area contributed by atoms with Crippen molar-refractivity contribution in [2.24, 2.45) is 22.7 Å². The third kappa shape index (κ3) is 3.35. The van der Waals surface area contributed by atoms with Gasteiger partial charge in [-0.2, -0.15) is 0 Å². The number of amides is 1. The maximum absolute atomic E-state index is 12.3. The van der Waals surface area contributed by atoms with Crippen molar-refractivity contribution in [3.05, 3.63) is 0 Å². The molecule has 0 spiro atoms. The smallest absolute Gasteiger partial charge is 0.228 e. The van der Waals surface area contributed by atoms with E-state index in [9.17, 15) is 4.79 Å². The monoisotopic (exact) mass is 257 g/mol. The molecule has 6 nitrogen and oxygen atoms in total. The van der Waals surface area contributed by atoms with Crippen molar-refractivity contribution in [3.63, 3.8) is 0 Å². The van der Waals surface area contributed by atoms with Crippen LogP contribution in [-0.2, 0) is 9.53 Å². The number of ether oxygens (including phenoxy) is 1. The molecule has 1 heterocycles. The van der Waals surface area contributed by atoms with Crippen LogP contribution in [0.1, 0.15) is 26.7 Å². The third-order valence-electron chi connectivity index (χ3n) is 3.47. The molecule has 1 aliphatic heterocycles. The van der Waals surface area contributed by atoms with E-state index in [-0.39, 0.29) is 29.7 Å². The summed E-state index contributed by atoms with van der Waals surface area (Å²) in [6.07, 6.45) is 1.65. The summed E-state index contributed by atoms with van der Waals surface area (Å²) in [7, 11) is 1.74. The van der Waals surface area contributed by atoms with Crippen LogP contribution in [0.15, 0.2) is 5.16 Å². The van der Waals surface area contributed by atoms with Crippen LogP contribution < -0.4 is 5.73 Å². The van der Waals surface area contributed by atoms with E-state index in [0.717, 1.165) is 12.8 Å². The minimum atomic E-state index is -0.161. The molecule has 3 unspecified atom stereocenters. The molecule has 3 N–H and O–H groups in total. The number of hydrogen-bond acceptors (Lipinski definition) is 4. The molecule has 1 rings (SSSR count). The second-order valence-electron chi connectivity index (χ2n) is 4.86. The van der Waals surface area contributed by atoms with E-state index in [0.29, 0.717) is 13.2 Å². The summed E-state index contributed by atoms with van der Waals surface area (Å²) in [6.45, 7) is 4.94. The number of amidine groups is 1. The molecular weight excluding hydrogens is 234 g/mol. The fourth-order valence-electron chi connectivity index (χ4n) is 2.31. The Morgan fingerprint density at radius 1 is 1.67 bits per heavy atom. The summed E-state index contributed by atoms with van der Waals surface area (Å²) < 4.78 is 5.52. The zero-order valence-electron chi connectivity index (χ0n) is 11.3. The van der Waals surface area contributed by atoms with Gasteiger partial charge < -0.3 is 20.6 Å². The fourth-order valence-corrected chi connectivity index (χ4v) is 2.31. The molecule has 0 radical (unpaired) electrons. The van der Waals surface area contributed by atoms with Gasteiger partial charge in [0.05, 0.1) is 12.0 Å². The lowest BCUT2D eigenvalue weighted by Gasteiger charge is -2.25. The van der Waals surface area contributed by atoms with E-state index >= 15 is 0 Å². The van der Waals surface area contributed by atoms with Crippen LogP contribution in [0.25, 0.3) is 0 Å². The molecule has 0 aromatic rings. The van der Waals surface area contributed by atoms with E-state index in [1.54, 1.807) is 11.9 Å². The zero-order chi connectivity index (χ0) is 13.7. The molecule has 0 bridgehead atoms. The van der Waals surface area contributed by atoms with Gasteiger partial charge in [-0.25, -0.2) is 0 Å². The second-order valence-corrected chi connectivity index (χ2v) is 4.86. The van der Waals surface area contributed by atoms with Crippen molar-refractivity contribution in [3.8, 4) is 0 Å². The Labute approximate surface area is 108 Å². The minimum absolute atomic E-state index is 0.0270. The third-order valence-corrected chi connectivity index (χ3v) is 3.47. The van der Waals surface area contributed by atoms with E-state index in [4.69, 9.17) is 15.7 Å². The van der Waals surface area contributed by atoms with E-state index in [2.05, 4.69) is 5.16 Å². The molecule has 104 valence electrons. The van der Waals surface area contributed by atoms with Gasteiger partial charge >= 0.3 is 0 Å². The van der Waals surface area contributed by atoms with Crippen molar-refractivity contribution < 1.29 is 14.7 Å². The number of nitrogens with zero attached hydrogens (tertiary/aromatic N) is 2. The Bertz CT molecular complexity index is 320. The van der Waals surface area contributed by atoms with Gasteiger partial charge in [0, 0.05) is 26.1 Å². The highest BCUT2D eigenvalue weighted by atomic mass is 16.5. The second kappa shape index (κ2) is 6.58. The van der Waals surface area contributed by atoms with Gasteiger partial charge in [-0.1, -0.05) is 19.0 Å². The van der Waals surface area contributed by atoms with Crippen molar-refractivity contribution in [2.75, 3.05) is 20.2 Å². The summed E-state index contributed by atoms with van der Waals surface area (Å²) >= 11 is 0. The first-order valence-electron chi connectivity index (χ1n) is 6.35. The highest BCUT2D eigenvalue weighted by molar-refractivity contribution is 5.84. The Morgan fingerprint density at radius 3 is 2.89 bits per heavy atom. The van der Waals surface area contributed by atoms with Crippen LogP contribution in [0.2, 0.25) is 0 Å². The standard InChI is InChI=1S/C12H23N3O3/c1-4-10-9(5-6-18-10)12(16)15(3)7-8(2)11(13)14-17/h8-10,17H,4-7H2,1-3H3,(H2,13,14). The molecule has 1 amide bonds. The lowest BCUT2D eigenvalue weighted by molar-refractivity contribution is -0.136. The number of carbonyl (C=O) groups is 1. The average molecular weight is 257 g/mol. The van der Waals surface area contributed by atoms with Crippen LogP contribution in [0, 0.1) is 11.8 Å². The number of hydrogen-bond donors (Lipinski definition) is 2. The number of nitrogens with two attached hydrogens (primary N) is 1. The summed E-state index contributed by atoms with van der Waals surface area (Å²) in [6, 6.07) is 0. The molecular formula is C12H23N3O3.